The van der Waals surface area contributed by atoms with Gasteiger partial charge in [0.05, 0.1) is 23.5 Å². The van der Waals surface area contributed by atoms with Gasteiger partial charge in [0.1, 0.15) is 0 Å². The normalized spacial score (nSPS) is 25.7. The minimum Gasteiger partial charge on any atom is -0.369 e. The van der Waals surface area contributed by atoms with Crippen molar-refractivity contribution < 1.29 is 0 Å². The van der Waals surface area contributed by atoms with Crippen molar-refractivity contribution in [1.29, 1.82) is 0 Å². The third kappa shape index (κ3) is 8.55. The van der Waals surface area contributed by atoms with E-state index in [-0.39, 0.29) is 0 Å². The summed E-state index contributed by atoms with van der Waals surface area (Å²) >= 11 is 0. The summed E-state index contributed by atoms with van der Waals surface area (Å²) in [6, 6.07) is 22.7. The van der Waals surface area contributed by atoms with Crippen LogP contribution in [0.1, 0.15) is 108 Å². The van der Waals surface area contributed by atoms with Crippen molar-refractivity contribution in [2.75, 3.05) is 102 Å². The van der Waals surface area contributed by atoms with Crippen LogP contribution in [0, 0.1) is 0 Å². The first kappa shape index (κ1) is 42.1. The van der Waals surface area contributed by atoms with Crippen LogP contribution in [0.25, 0.3) is 0 Å². The smallest absolute Gasteiger partial charge is 0.0613 e. The zero-order chi connectivity index (χ0) is 42.2. The second-order valence-corrected chi connectivity index (χ2v) is 19.5. The summed E-state index contributed by atoms with van der Waals surface area (Å²) in [5, 5.41) is 7.99. The quantitative estimate of drug-likeness (QED) is 0.178. The van der Waals surface area contributed by atoms with Gasteiger partial charge in [-0.2, -0.15) is 0 Å². The molecular weight excluding hydrogens is 765 g/mol. The maximum atomic E-state index is 5.21. The first-order valence-electron chi connectivity index (χ1n) is 24.4. The highest BCUT2D eigenvalue weighted by Crippen LogP contribution is 2.45. The van der Waals surface area contributed by atoms with Crippen LogP contribution in [0.3, 0.4) is 0 Å². The monoisotopic (exact) mass is 837 g/mol. The Morgan fingerprint density at radius 1 is 0.613 bits per heavy atom. The third-order valence-electron chi connectivity index (χ3n) is 15.9. The lowest BCUT2D eigenvalue weighted by Crippen LogP contribution is -2.48. The van der Waals surface area contributed by atoms with E-state index >= 15 is 0 Å². The van der Waals surface area contributed by atoms with E-state index in [1.165, 1.54) is 63.4 Å². The van der Waals surface area contributed by atoms with Crippen LogP contribution in [0.4, 0.5) is 11.4 Å². The Balaban J connectivity index is 0.872. The van der Waals surface area contributed by atoms with Crippen LogP contribution in [-0.4, -0.2) is 134 Å². The molecule has 0 spiro atoms. The summed E-state index contributed by atoms with van der Waals surface area (Å²) in [4.78, 5) is 25.9. The van der Waals surface area contributed by atoms with E-state index in [9.17, 15) is 0 Å². The molecule has 0 amide bonds. The second-order valence-electron chi connectivity index (χ2n) is 19.5. The summed E-state index contributed by atoms with van der Waals surface area (Å²) in [7, 11) is 4.68. The average Bonchev–Trinajstić information content (AvgIpc) is 3.33. The van der Waals surface area contributed by atoms with Gasteiger partial charge in [-0.1, -0.05) is 44.2 Å². The molecule has 0 radical (unpaired) electrons. The van der Waals surface area contributed by atoms with Crippen molar-refractivity contribution in [3.05, 3.63) is 117 Å². The molecule has 10 heteroatoms. The average molecular weight is 837 g/mol. The molecule has 330 valence electrons. The molecular formula is C52H72N10. The third-order valence-corrected chi connectivity index (χ3v) is 15.9. The number of rotatable bonds is 11. The zero-order valence-corrected chi connectivity index (χ0v) is 38.2. The summed E-state index contributed by atoms with van der Waals surface area (Å²) in [6.07, 6.45) is 12.0. The van der Waals surface area contributed by atoms with Crippen LogP contribution < -0.4 is 20.4 Å². The number of hydrogen-bond donors (Lipinski definition) is 2. The molecule has 1 unspecified atom stereocenters. The topological polar surface area (TPSA) is 69.3 Å². The van der Waals surface area contributed by atoms with Gasteiger partial charge in [-0.05, 0) is 135 Å². The van der Waals surface area contributed by atoms with Crippen LogP contribution in [-0.2, 0) is 32.4 Å². The van der Waals surface area contributed by atoms with Gasteiger partial charge in [-0.3, -0.25) is 19.8 Å². The fourth-order valence-corrected chi connectivity index (χ4v) is 12.3. The number of hydrogen-bond acceptors (Lipinski definition) is 10. The first-order valence-corrected chi connectivity index (χ1v) is 24.4. The number of piperazine rings is 2. The lowest BCUT2D eigenvalue weighted by Gasteiger charge is -2.41. The molecule has 6 aliphatic rings. The van der Waals surface area contributed by atoms with E-state index in [1.807, 2.05) is 12.4 Å². The van der Waals surface area contributed by atoms with Gasteiger partial charge in [-0.15, -0.1) is 0 Å². The predicted octanol–water partition coefficient (Wildman–Crippen LogP) is 6.40. The molecule has 4 aromatic rings. The summed E-state index contributed by atoms with van der Waals surface area (Å²) in [5.41, 5.74) is 16.0. The highest BCUT2D eigenvalue weighted by molar-refractivity contribution is 5.62. The van der Waals surface area contributed by atoms with E-state index in [0.29, 0.717) is 30.1 Å². The Morgan fingerprint density at radius 3 is 1.90 bits per heavy atom. The van der Waals surface area contributed by atoms with Gasteiger partial charge in [0.25, 0.3) is 0 Å². The number of pyridine rings is 2. The van der Waals surface area contributed by atoms with E-state index in [1.54, 1.807) is 11.1 Å². The van der Waals surface area contributed by atoms with Gasteiger partial charge in [-0.25, -0.2) is 0 Å². The Kier molecular flexibility index (Phi) is 12.7. The predicted molar refractivity (Wildman–Crippen MR) is 253 cm³/mol. The largest absolute Gasteiger partial charge is 0.369 e. The molecule has 10 rings (SSSR count). The molecule has 5 atom stereocenters. The van der Waals surface area contributed by atoms with Crippen molar-refractivity contribution in [3.63, 3.8) is 0 Å². The molecule has 6 heterocycles. The molecule has 2 saturated heterocycles. The van der Waals surface area contributed by atoms with Crippen molar-refractivity contribution in [3.8, 4) is 0 Å². The number of anilines is 2. The fourth-order valence-electron chi connectivity index (χ4n) is 12.3. The molecule has 2 fully saturated rings. The lowest BCUT2D eigenvalue weighted by atomic mass is 9.77. The number of aryl methyl sites for hydroxylation is 1. The Hall–Kier alpha value is -3.90. The van der Waals surface area contributed by atoms with Crippen molar-refractivity contribution in [1.82, 2.24) is 40.2 Å². The number of nitrogens with one attached hydrogen (secondary N) is 2. The summed E-state index contributed by atoms with van der Waals surface area (Å²) in [6.45, 7) is 19.8. The van der Waals surface area contributed by atoms with Gasteiger partial charge < -0.3 is 30.2 Å². The molecule has 62 heavy (non-hydrogen) atoms. The molecule has 2 aromatic heterocycles. The van der Waals surface area contributed by atoms with Crippen molar-refractivity contribution in [2.24, 2.45) is 0 Å². The highest BCUT2D eigenvalue weighted by atomic mass is 15.3. The van der Waals surface area contributed by atoms with Crippen molar-refractivity contribution in [2.45, 2.75) is 102 Å². The molecule has 0 saturated carbocycles. The van der Waals surface area contributed by atoms with Gasteiger partial charge >= 0.3 is 0 Å². The van der Waals surface area contributed by atoms with E-state index in [0.717, 1.165) is 124 Å². The molecule has 2 aliphatic carbocycles. The van der Waals surface area contributed by atoms with Crippen LogP contribution in [0.15, 0.2) is 67.0 Å². The highest BCUT2D eigenvalue weighted by Gasteiger charge is 2.36. The maximum Gasteiger partial charge on any atom is 0.0613 e. The number of likely N-dealkylation sites (N-methyl/N-ethyl adjacent to an activating group) is 4. The van der Waals surface area contributed by atoms with Crippen molar-refractivity contribution >= 4 is 11.4 Å². The number of fused-ring (bicyclic) bond motifs is 4. The SMILES string of the molecule is CCN1CCN(c2cc(C3CC[C@H](N(C)C[C@@H]4Cc5c(cccc5N5CCN(CC)CC5)CN4)c4ncccc43)cc3c2C[C@H](CN(C)[C@H]2CCCc4cccnc42)NC3)CC1. The second kappa shape index (κ2) is 18.7. The van der Waals surface area contributed by atoms with Crippen LogP contribution in [0.2, 0.25) is 0 Å². The van der Waals surface area contributed by atoms with Gasteiger partial charge in [0.2, 0.25) is 0 Å². The van der Waals surface area contributed by atoms with Gasteiger partial charge in [0, 0.05) is 120 Å². The van der Waals surface area contributed by atoms with E-state index in [4.69, 9.17) is 9.97 Å². The fraction of sp³-hybridized carbons (Fsp3) is 0.577. The van der Waals surface area contributed by atoms with Crippen LogP contribution >= 0.6 is 0 Å². The minimum absolute atomic E-state index is 0.313. The molecule has 4 aliphatic heterocycles. The minimum atomic E-state index is 0.313. The Morgan fingerprint density at radius 2 is 1.21 bits per heavy atom. The molecule has 2 aromatic carbocycles. The van der Waals surface area contributed by atoms with Crippen LogP contribution in [0.5, 0.6) is 0 Å². The number of aromatic nitrogens is 2. The summed E-state index contributed by atoms with van der Waals surface area (Å²) < 4.78 is 0. The van der Waals surface area contributed by atoms with E-state index in [2.05, 4.69) is 123 Å². The molecule has 0 bridgehead atoms. The zero-order valence-electron chi connectivity index (χ0n) is 38.2. The van der Waals surface area contributed by atoms with E-state index < -0.39 is 0 Å². The Labute approximate surface area is 372 Å². The Bertz CT molecular complexity index is 2160. The van der Waals surface area contributed by atoms with Gasteiger partial charge in [0.15, 0.2) is 0 Å². The molecule has 10 nitrogen and oxygen atoms in total. The summed E-state index contributed by atoms with van der Waals surface area (Å²) in [5.74, 6) is 0.350. The lowest BCUT2D eigenvalue weighted by molar-refractivity contribution is 0.187. The number of nitrogens with zero attached hydrogens (tertiary/aromatic N) is 8. The molecule has 2 N–H and O–H groups in total. The maximum absolute atomic E-state index is 5.21. The standard InChI is InChI=1S/C52H72N10/c1-5-59-21-25-61(26-22-59)47-15-8-12-38-33-55-41(31-45(38)47)36-58(4)49-18-17-43(44-14-10-20-54-52(44)49)39-29-40-34-56-42(32-46(40)50(30-39)62-27-23-60(6-2)24-28-62)35-57(3)48-16-7-11-37-13-9-19-53-51(37)48/h8-10,12-15,19-20,29-30,41-43,48-49,55-56H,5-7,11,16-18,21-28,31-36H2,1-4H3/t41-,42+,43?,48-,49-/m0/s1. The first-order chi connectivity index (χ1) is 30.4. The number of benzene rings is 2.